The smallest absolute Gasteiger partial charge is 0.191 e. The van der Waals surface area contributed by atoms with Crippen molar-refractivity contribution in [3.8, 4) is 5.75 Å². The van der Waals surface area contributed by atoms with Crippen LogP contribution in [0.3, 0.4) is 0 Å². The minimum atomic E-state index is 0.562. The predicted molar refractivity (Wildman–Crippen MR) is 107 cm³/mol. The van der Waals surface area contributed by atoms with Crippen molar-refractivity contribution >= 4 is 5.96 Å². The number of nitrogens with one attached hydrogen (secondary N) is 2. The molecule has 0 radical (unpaired) electrons. The lowest BCUT2D eigenvalue weighted by Gasteiger charge is -2.13. The first-order valence-electron chi connectivity index (χ1n) is 9.86. The molecule has 146 valence electrons. The highest BCUT2D eigenvalue weighted by atomic mass is 16.5. The molecule has 1 aliphatic rings. The minimum Gasteiger partial charge on any atom is -0.493 e. The summed E-state index contributed by atoms with van der Waals surface area (Å²) in [6, 6.07) is 6.28. The van der Waals surface area contributed by atoms with E-state index in [2.05, 4.69) is 64.4 Å². The molecule has 2 aromatic rings. The molecule has 27 heavy (non-hydrogen) atoms. The van der Waals surface area contributed by atoms with E-state index >= 15 is 0 Å². The summed E-state index contributed by atoms with van der Waals surface area (Å²) in [5.74, 6) is 3.75. The van der Waals surface area contributed by atoms with Gasteiger partial charge >= 0.3 is 0 Å². The summed E-state index contributed by atoms with van der Waals surface area (Å²) in [7, 11) is 0. The normalized spacial score (nSPS) is 13.5. The molecule has 0 fully saturated rings. The second-order valence-corrected chi connectivity index (χ2v) is 6.80. The highest BCUT2D eigenvalue weighted by molar-refractivity contribution is 5.79. The van der Waals surface area contributed by atoms with Crippen LogP contribution in [0.2, 0.25) is 0 Å². The summed E-state index contributed by atoms with van der Waals surface area (Å²) >= 11 is 0. The summed E-state index contributed by atoms with van der Waals surface area (Å²) in [6.45, 7) is 9.96. The molecule has 1 aromatic carbocycles. The van der Waals surface area contributed by atoms with E-state index in [1.807, 2.05) is 0 Å². The third-order valence-corrected chi connectivity index (χ3v) is 4.54. The van der Waals surface area contributed by atoms with Crippen molar-refractivity contribution in [2.24, 2.45) is 4.99 Å². The van der Waals surface area contributed by atoms with Gasteiger partial charge in [0.15, 0.2) is 11.8 Å². The number of ether oxygens (including phenoxy) is 1. The van der Waals surface area contributed by atoms with Crippen LogP contribution >= 0.6 is 0 Å². The number of fused-ring (bicyclic) bond motifs is 1. The molecule has 2 N–H and O–H groups in total. The summed E-state index contributed by atoms with van der Waals surface area (Å²) in [6.07, 6.45) is 3.17. The van der Waals surface area contributed by atoms with Gasteiger partial charge in [-0.2, -0.15) is 0 Å². The molecule has 0 atom stereocenters. The topological polar surface area (TPSA) is 76.4 Å². The van der Waals surface area contributed by atoms with Gasteiger partial charge in [0, 0.05) is 25.1 Å². The van der Waals surface area contributed by atoms with Crippen LogP contribution in [-0.4, -0.2) is 33.9 Å². The van der Waals surface area contributed by atoms with Gasteiger partial charge in [0.1, 0.15) is 11.6 Å². The van der Waals surface area contributed by atoms with Crippen molar-refractivity contribution in [2.75, 3.05) is 13.2 Å². The van der Waals surface area contributed by atoms with E-state index in [0.29, 0.717) is 13.1 Å². The molecule has 0 bridgehead atoms. The maximum absolute atomic E-state index is 5.90. The standard InChI is InChI=1S/C20H30N6O/c1-4-11-27-17-12-15(3)8-9-16(17)13-22-20(21-5-2)23-14-19-25-24-18-7-6-10-26(18)19/h8-9,12H,4-7,10-11,13-14H2,1-3H3,(H2,21,22,23). The van der Waals surface area contributed by atoms with E-state index in [-0.39, 0.29) is 0 Å². The fraction of sp³-hybridized carbons (Fsp3) is 0.550. The van der Waals surface area contributed by atoms with E-state index in [0.717, 1.165) is 67.9 Å². The van der Waals surface area contributed by atoms with Gasteiger partial charge in [-0.15, -0.1) is 10.2 Å². The predicted octanol–water partition coefficient (Wildman–Crippen LogP) is 2.58. The third-order valence-electron chi connectivity index (χ3n) is 4.54. The maximum Gasteiger partial charge on any atom is 0.191 e. The lowest BCUT2D eigenvalue weighted by atomic mass is 10.1. The Hall–Kier alpha value is -2.57. The first kappa shape index (κ1) is 19.2. The highest BCUT2D eigenvalue weighted by Crippen LogP contribution is 2.21. The lowest BCUT2D eigenvalue weighted by molar-refractivity contribution is 0.314. The lowest BCUT2D eigenvalue weighted by Crippen LogP contribution is -2.37. The molecule has 0 unspecified atom stereocenters. The Morgan fingerprint density at radius 2 is 2.15 bits per heavy atom. The average molecular weight is 371 g/mol. The first-order chi connectivity index (χ1) is 13.2. The summed E-state index contributed by atoms with van der Waals surface area (Å²) in [5.41, 5.74) is 2.29. The van der Waals surface area contributed by atoms with Gasteiger partial charge in [0.05, 0.1) is 19.7 Å². The molecule has 0 aliphatic carbocycles. The Morgan fingerprint density at radius 3 is 2.96 bits per heavy atom. The molecular weight excluding hydrogens is 340 g/mol. The quantitative estimate of drug-likeness (QED) is 0.552. The van der Waals surface area contributed by atoms with Crippen LogP contribution in [0.25, 0.3) is 0 Å². The zero-order valence-electron chi connectivity index (χ0n) is 16.6. The van der Waals surface area contributed by atoms with Gasteiger partial charge < -0.3 is 19.9 Å². The van der Waals surface area contributed by atoms with Crippen LogP contribution in [0.4, 0.5) is 0 Å². The zero-order chi connectivity index (χ0) is 19.1. The fourth-order valence-corrected chi connectivity index (χ4v) is 3.15. The van der Waals surface area contributed by atoms with Crippen LogP contribution in [0.5, 0.6) is 5.75 Å². The molecule has 2 heterocycles. The molecule has 3 rings (SSSR count). The van der Waals surface area contributed by atoms with Crippen LogP contribution in [0.1, 0.15) is 49.5 Å². The van der Waals surface area contributed by atoms with E-state index in [1.165, 1.54) is 5.56 Å². The molecule has 1 aromatic heterocycles. The number of aliphatic imine (C=N–C) groups is 1. The molecule has 7 nitrogen and oxygen atoms in total. The van der Waals surface area contributed by atoms with E-state index in [9.17, 15) is 0 Å². The van der Waals surface area contributed by atoms with Crippen molar-refractivity contribution < 1.29 is 4.74 Å². The van der Waals surface area contributed by atoms with E-state index in [4.69, 9.17) is 9.73 Å². The maximum atomic E-state index is 5.90. The van der Waals surface area contributed by atoms with E-state index < -0.39 is 0 Å². The number of aromatic nitrogens is 3. The van der Waals surface area contributed by atoms with Crippen LogP contribution in [0.15, 0.2) is 23.2 Å². The number of hydrogen-bond acceptors (Lipinski definition) is 4. The minimum absolute atomic E-state index is 0.562. The fourth-order valence-electron chi connectivity index (χ4n) is 3.15. The molecule has 0 saturated carbocycles. The van der Waals surface area contributed by atoms with Crippen LogP contribution in [-0.2, 0) is 26.1 Å². The third kappa shape index (κ3) is 4.99. The highest BCUT2D eigenvalue weighted by Gasteiger charge is 2.17. The second kappa shape index (κ2) is 9.39. The number of hydrogen-bond donors (Lipinski definition) is 2. The Labute approximate surface area is 161 Å². The van der Waals surface area contributed by atoms with Crippen molar-refractivity contribution in [3.63, 3.8) is 0 Å². The summed E-state index contributed by atoms with van der Waals surface area (Å²) in [5, 5.41) is 15.2. The zero-order valence-corrected chi connectivity index (χ0v) is 16.6. The molecular formula is C20H30N6O. The molecule has 0 saturated heterocycles. The van der Waals surface area contributed by atoms with Crippen molar-refractivity contribution in [2.45, 2.75) is 59.7 Å². The number of benzene rings is 1. The van der Waals surface area contributed by atoms with Crippen molar-refractivity contribution in [3.05, 3.63) is 41.0 Å². The number of guanidine groups is 1. The van der Waals surface area contributed by atoms with Gasteiger partial charge in [0.2, 0.25) is 0 Å². The number of aryl methyl sites for hydroxylation is 2. The Bertz CT molecular complexity index is 783. The van der Waals surface area contributed by atoms with Crippen molar-refractivity contribution in [1.29, 1.82) is 0 Å². The van der Waals surface area contributed by atoms with Gasteiger partial charge in [-0.1, -0.05) is 19.1 Å². The molecule has 0 amide bonds. The number of nitrogens with zero attached hydrogens (tertiary/aromatic N) is 4. The Kier molecular flexibility index (Phi) is 6.68. The Balaban J connectivity index is 1.66. The van der Waals surface area contributed by atoms with Gasteiger partial charge in [-0.05, 0) is 38.3 Å². The SMILES string of the molecule is CCCOc1cc(C)ccc1CN=C(NCC)NCc1nnc2n1CCC2. The second-order valence-electron chi connectivity index (χ2n) is 6.80. The molecule has 0 spiro atoms. The average Bonchev–Trinajstić information content (AvgIpc) is 3.27. The first-order valence-corrected chi connectivity index (χ1v) is 9.86. The van der Waals surface area contributed by atoms with E-state index in [1.54, 1.807) is 0 Å². The summed E-state index contributed by atoms with van der Waals surface area (Å²) < 4.78 is 8.10. The van der Waals surface area contributed by atoms with Gasteiger partial charge in [-0.25, -0.2) is 4.99 Å². The number of rotatable bonds is 8. The largest absolute Gasteiger partial charge is 0.493 e. The monoisotopic (exact) mass is 370 g/mol. The van der Waals surface area contributed by atoms with Crippen LogP contribution in [0, 0.1) is 6.92 Å². The summed E-state index contributed by atoms with van der Waals surface area (Å²) in [4.78, 5) is 4.73. The van der Waals surface area contributed by atoms with Crippen molar-refractivity contribution in [1.82, 2.24) is 25.4 Å². The van der Waals surface area contributed by atoms with Gasteiger partial charge in [0.25, 0.3) is 0 Å². The Morgan fingerprint density at radius 1 is 1.26 bits per heavy atom. The molecule has 1 aliphatic heterocycles. The van der Waals surface area contributed by atoms with Gasteiger partial charge in [-0.3, -0.25) is 0 Å². The molecule has 7 heteroatoms. The van der Waals surface area contributed by atoms with Crippen LogP contribution < -0.4 is 15.4 Å².